The zero-order chi connectivity index (χ0) is 16.4. The van der Waals surface area contributed by atoms with E-state index >= 15 is 0 Å². The van der Waals surface area contributed by atoms with Gasteiger partial charge in [-0.2, -0.15) is 0 Å². The first-order valence-electron chi connectivity index (χ1n) is 7.32. The number of rotatable bonds is 3. The lowest BCUT2D eigenvalue weighted by atomic mass is 10.1. The van der Waals surface area contributed by atoms with Gasteiger partial charge < -0.3 is 5.32 Å². The van der Waals surface area contributed by atoms with Gasteiger partial charge in [0.25, 0.3) is 0 Å². The Morgan fingerprint density at radius 2 is 1.83 bits per heavy atom. The highest BCUT2D eigenvalue weighted by Gasteiger charge is 2.24. The fourth-order valence-corrected chi connectivity index (χ4v) is 2.69. The molecule has 0 fully saturated rings. The van der Waals surface area contributed by atoms with Gasteiger partial charge >= 0.3 is 6.03 Å². The minimum atomic E-state index is -0.633. The van der Waals surface area contributed by atoms with E-state index in [-0.39, 0.29) is 19.0 Å². The summed E-state index contributed by atoms with van der Waals surface area (Å²) in [6, 6.07) is 7.38. The van der Waals surface area contributed by atoms with Crippen LogP contribution in [0.3, 0.4) is 0 Å². The number of benzene rings is 2. The van der Waals surface area contributed by atoms with Crippen molar-refractivity contribution < 1.29 is 18.0 Å². The Morgan fingerprint density at radius 3 is 2.61 bits per heavy atom. The molecule has 0 saturated heterocycles. The lowest BCUT2D eigenvalue weighted by molar-refractivity contribution is 0.247. The van der Waals surface area contributed by atoms with E-state index in [2.05, 4.69) is 5.32 Å². The number of anilines is 1. The fourth-order valence-electron chi connectivity index (χ4n) is 2.69. The molecule has 0 aromatic heterocycles. The maximum Gasteiger partial charge on any atom is 0.321 e. The van der Waals surface area contributed by atoms with Crippen LogP contribution in [0.5, 0.6) is 0 Å². The molecule has 1 heterocycles. The molecule has 2 aromatic carbocycles. The second-order valence-electron chi connectivity index (χ2n) is 5.39. The molecular weight excluding hydrogens is 305 g/mol. The zero-order valence-corrected chi connectivity index (χ0v) is 12.3. The molecule has 0 saturated carbocycles. The van der Waals surface area contributed by atoms with Gasteiger partial charge in [0, 0.05) is 19.2 Å². The Kier molecular flexibility index (Phi) is 4.23. The van der Waals surface area contributed by atoms with E-state index in [0.29, 0.717) is 24.2 Å². The number of hydrogen-bond acceptors (Lipinski definition) is 1. The largest absolute Gasteiger partial charge is 0.337 e. The van der Waals surface area contributed by atoms with Crippen molar-refractivity contribution in [2.45, 2.75) is 12.8 Å². The van der Waals surface area contributed by atoms with Gasteiger partial charge in [0.15, 0.2) is 0 Å². The number of halogens is 3. The summed E-state index contributed by atoms with van der Waals surface area (Å²) in [5, 5.41) is 2.68. The molecule has 0 radical (unpaired) electrons. The predicted molar refractivity (Wildman–Crippen MR) is 80.9 cm³/mol. The smallest absolute Gasteiger partial charge is 0.321 e. The van der Waals surface area contributed by atoms with Gasteiger partial charge in [-0.1, -0.05) is 12.1 Å². The zero-order valence-electron chi connectivity index (χ0n) is 12.3. The van der Waals surface area contributed by atoms with Gasteiger partial charge in [0.2, 0.25) is 0 Å². The molecule has 2 aromatic rings. The van der Waals surface area contributed by atoms with E-state index in [9.17, 15) is 18.0 Å². The molecule has 1 aliphatic heterocycles. The van der Waals surface area contributed by atoms with Gasteiger partial charge in [-0.15, -0.1) is 0 Å². The van der Waals surface area contributed by atoms with Crippen molar-refractivity contribution >= 4 is 11.7 Å². The molecule has 6 heteroatoms. The predicted octanol–water partition coefficient (Wildman–Crippen LogP) is 3.42. The number of hydrogen-bond donors (Lipinski definition) is 1. The van der Waals surface area contributed by atoms with Crippen LogP contribution in [0.4, 0.5) is 23.7 Å². The van der Waals surface area contributed by atoms with Crippen molar-refractivity contribution in [1.82, 2.24) is 5.32 Å². The first kappa shape index (κ1) is 15.4. The molecular formula is C17H15F3N2O. The number of nitrogens with zero attached hydrogens (tertiary/aromatic N) is 1. The van der Waals surface area contributed by atoms with Crippen molar-refractivity contribution in [2.75, 3.05) is 18.0 Å². The van der Waals surface area contributed by atoms with Gasteiger partial charge in [-0.05, 0) is 42.2 Å². The van der Waals surface area contributed by atoms with Crippen LogP contribution in [-0.4, -0.2) is 19.1 Å². The number of carbonyl (C=O) groups excluding carboxylic acids is 1. The van der Waals surface area contributed by atoms with Crippen LogP contribution in [0.1, 0.15) is 11.1 Å². The maximum absolute atomic E-state index is 13.5. The Morgan fingerprint density at radius 1 is 1.09 bits per heavy atom. The Balaban J connectivity index is 1.60. The summed E-state index contributed by atoms with van der Waals surface area (Å²) < 4.78 is 39.7. The SMILES string of the molecule is O=C(NCCc1ccc(F)cc1F)N1CCc2ccc(F)cc21. The molecule has 0 atom stereocenters. The second kappa shape index (κ2) is 6.32. The molecule has 0 bridgehead atoms. The van der Waals surface area contributed by atoms with Crippen LogP contribution in [-0.2, 0) is 12.8 Å². The van der Waals surface area contributed by atoms with E-state index in [1.807, 2.05) is 0 Å². The second-order valence-corrected chi connectivity index (χ2v) is 5.39. The van der Waals surface area contributed by atoms with E-state index < -0.39 is 17.5 Å². The molecule has 1 N–H and O–H groups in total. The number of amides is 2. The summed E-state index contributed by atoms with van der Waals surface area (Å²) in [7, 11) is 0. The average molecular weight is 320 g/mol. The number of fused-ring (bicyclic) bond motifs is 1. The van der Waals surface area contributed by atoms with Gasteiger partial charge in [0.05, 0.1) is 5.69 Å². The van der Waals surface area contributed by atoms with Crippen LogP contribution in [0, 0.1) is 17.5 Å². The average Bonchev–Trinajstić information content (AvgIpc) is 2.92. The summed E-state index contributed by atoms with van der Waals surface area (Å²) in [4.78, 5) is 13.7. The lowest BCUT2D eigenvalue weighted by Crippen LogP contribution is -2.39. The van der Waals surface area contributed by atoms with Crippen molar-refractivity contribution in [3.63, 3.8) is 0 Å². The van der Waals surface area contributed by atoms with Crippen molar-refractivity contribution in [3.8, 4) is 0 Å². The van der Waals surface area contributed by atoms with Crippen LogP contribution in [0.2, 0.25) is 0 Å². The summed E-state index contributed by atoms with van der Waals surface area (Å²) in [6.07, 6.45) is 0.928. The van der Waals surface area contributed by atoms with E-state index in [1.54, 1.807) is 6.07 Å². The standard InChI is InChI=1S/C17H15F3N2O/c18-13-3-1-11(15(20)9-13)5-7-21-17(23)22-8-6-12-2-4-14(19)10-16(12)22/h1-4,9-10H,5-8H2,(H,21,23). The van der Waals surface area contributed by atoms with Crippen LogP contribution >= 0.6 is 0 Å². The molecule has 0 spiro atoms. The van der Waals surface area contributed by atoms with E-state index in [1.165, 1.54) is 29.2 Å². The third-order valence-electron chi connectivity index (χ3n) is 3.87. The molecule has 3 nitrogen and oxygen atoms in total. The molecule has 3 rings (SSSR count). The lowest BCUT2D eigenvalue weighted by Gasteiger charge is -2.18. The summed E-state index contributed by atoms with van der Waals surface area (Å²) in [6.45, 7) is 0.693. The van der Waals surface area contributed by atoms with Gasteiger partial charge in [0.1, 0.15) is 17.5 Å². The van der Waals surface area contributed by atoms with Gasteiger partial charge in [-0.25, -0.2) is 18.0 Å². The van der Waals surface area contributed by atoms with E-state index in [4.69, 9.17) is 0 Å². The fraction of sp³-hybridized carbons (Fsp3) is 0.235. The molecule has 2 amide bonds. The van der Waals surface area contributed by atoms with Crippen LogP contribution < -0.4 is 10.2 Å². The summed E-state index contributed by atoms with van der Waals surface area (Å²) in [5.41, 5.74) is 1.82. The third-order valence-corrected chi connectivity index (χ3v) is 3.87. The summed E-state index contributed by atoms with van der Waals surface area (Å²) >= 11 is 0. The normalized spacial score (nSPS) is 13.1. The minimum absolute atomic E-state index is 0.211. The highest BCUT2D eigenvalue weighted by molar-refractivity contribution is 5.94. The summed E-state index contributed by atoms with van der Waals surface area (Å²) in [5.74, 6) is -1.66. The van der Waals surface area contributed by atoms with Crippen molar-refractivity contribution in [3.05, 3.63) is 65.0 Å². The number of nitrogens with one attached hydrogen (secondary N) is 1. The van der Waals surface area contributed by atoms with Crippen molar-refractivity contribution in [1.29, 1.82) is 0 Å². The van der Waals surface area contributed by atoms with Crippen LogP contribution in [0.15, 0.2) is 36.4 Å². The van der Waals surface area contributed by atoms with Crippen LogP contribution in [0.25, 0.3) is 0 Å². The monoisotopic (exact) mass is 320 g/mol. The molecule has 0 unspecified atom stereocenters. The third kappa shape index (κ3) is 3.31. The topological polar surface area (TPSA) is 32.3 Å². The quantitative estimate of drug-likeness (QED) is 0.923. The molecule has 120 valence electrons. The molecule has 23 heavy (non-hydrogen) atoms. The van der Waals surface area contributed by atoms with E-state index in [0.717, 1.165) is 11.6 Å². The van der Waals surface area contributed by atoms with Gasteiger partial charge in [-0.3, -0.25) is 4.90 Å². The number of urea groups is 1. The Bertz CT molecular complexity index is 749. The number of carbonyl (C=O) groups is 1. The molecule has 0 aliphatic carbocycles. The van der Waals surface area contributed by atoms with Crippen molar-refractivity contribution in [2.24, 2.45) is 0 Å². The molecule has 1 aliphatic rings. The Hall–Kier alpha value is -2.50. The minimum Gasteiger partial charge on any atom is -0.337 e. The Labute approximate surface area is 131 Å². The first-order chi connectivity index (χ1) is 11.0. The highest BCUT2D eigenvalue weighted by Crippen LogP contribution is 2.28. The highest BCUT2D eigenvalue weighted by atomic mass is 19.1. The maximum atomic E-state index is 13.5. The first-order valence-corrected chi connectivity index (χ1v) is 7.32.